The van der Waals surface area contributed by atoms with Crippen LogP contribution in [0.25, 0.3) is 0 Å². The molecule has 7 heteroatoms. The zero-order valence-electron chi connectivity index (χ0n) is 12.1. The van der Waals surface area contributed by atoms with Crippen molar-refractivity contribution in [2.75, 3.05) is 26.8 Å². The van der Waals surface area contributed by atoms with Crippen LogP contribution in [0.4, 0.5) is 8.78 Å². The van der Waals surface area contributed by atoms with Gasteiger partial charge >= 0.3 is 5.97 Å². The molecule has 1 aromatic carbocycles. The van der Waals surface area contributed by atoms with E-state index >= 15 is 0 Å². The predicted octanol–water partition coefficient (Wildman–Crippen LogP) is 1.92. The molecule has 0 aromatic heterocycles. The van der Waals surface area contributed by atoms with Gasteiger partial charge in [0.2, 0.25) is 0 Å². The van der Waals surface area contributed by atoms with E-state index in [9.17, 15) is 23.5 Å². The average molecular weight is 313 g/mol. The zero-order valence-corrected chi connectivity index (χ0v) is 12.1. The van der Waals surface area contributed by atoms with Crippen LogP contribution in [-0.4, -0.2) is 48.7 Å². The number of carbonyl (C=O) groups is 2. The normalized spacial score (nSPS) is 21.7. The first-order valence-corrected chi connectivity index (χ1v) is 6.86. The number of rotatable bonds is 4. The van der Waals surface area contributed by atoms with Crippen LogP contribution in [0, 0.1) is 17.0 Å². The molecule has 0 saturated carbocycles. The van der Waals surface area contributed by atoms with E-state index in [1.807, 2.05) is 0 Å². The molecule has 1 fully saturated rings. The summed E-state index contributed by atoms with van der Waals surface area (Å²) in [5.74, 6) is -3.32. The predicted molar refractivity (Wildman–Crippen MR) is 73.4 cm³/mol. The second-order valence-corrected chi connectivity index (χ2v) is 5.51. The standard InChI is InChI=1S/C15H17F2NO4/c1-22-9-15(14(20)21)3-2-4-18(8-15)13(19)10-5-11(16)7-12(17)6-10/h5-7H,2-4,8-9H2,1H3,(H,20,21). The lowest BCUT2D eigenvalue weighted by Gasteiger charge is -2.39. The molecule has 1 aliphatic rings. The van der Waals surface area contributed by atoms with E-state index in [4.69, 9.17) is 4.74 Å². The number of aliphatic carboxylic acids is 1. The van der Waals surface area contributed by atoms with Crippen molar-refractivity contribution >= 4 is 11.9 Å². The number of nitrogens with zero attached hydrogens (tertiary/aromatic N) is 1. The molecule has 1 saturated heterocycles. The Balaban J connectivity index is 2.24. The van der Waals surface area contributed by atoms with Gasteiger partial charge < -0.3 is 14.7 Å². The smallest absolute Gasteiger partial charge is 0.313 e. The van der Waals surface area contributed by atoms with Crippen molar-refractivity contribution in [2.45, 2.75) is 12.8 Å². The van der Waals surface area contributed by atoms with Gasteiger partial charge in [-0.05, 0) is 25.0 Å². The summed E-state index contributed by atoms with van der Waals surface area (Å²) in [6.45, 7) is 0.270. The quantitative estimate of drug-likeness (QED) is 0.922. The molecule has 120 valence electrons. The Bertz CT molecular complexity index is 569. The van der Waals surface area contributed by atoms with E-state index in [1.54, 1.807) is 0 Å². The molecular weight excluding hydrogens is 296 g/mol. The van der Waals surface area contributed by atoms with Gasteiger partial charge in [-0.2, -0.15) is 0 Å². The summed E-state index contributed by atoms with van der Waals surface area (Å²) in [6.07, 6.45) is 0.872. The van der Waals surface area contributed by atoms with Crippen LogP contribution in [0.15, 0.2) is 18.2 Å². The molecule has 1 amide bonds. The largest absolute Gasteiger partial charge is 0.481 e. The Labute approximate surface area is 126 Å². The van der Waals surface area contributed by atoms with E-state index in [1.165, 1.54) is 12.0 Å². The van der Waals surface area contributed by atoms with Crippen LogP contribution in [0.1, 0.15) is 23.2 Å². The van der Waals surface area contributed by atoms with Crippen molar-refractivity contribution < 1.29 is 28.2 Å². The Morgan fingerprint density at radius 2 is 1.95 bits per heavy atom. The first kappa shape index (κ1) is 16.4. The number of piperidine rings is 1. The molecule has 0 aliphatic carbocycles. The number of carboxylic acid groups (broad SMARTS) is 1. The fourth-order valence-electron chi connectivity index (χ4n) is 2.80. The topological polar surface area (TPSA) is 66.8 Å². The summed E-state index contributed by atoms with van der Waals surface area (Å²) in [5.41, 5.74) is -1.31. The Morgan fingerprint density at radius 1 is 1.32 bits per heavy atom. The third-order valence-electron chi connectivity index (χ3n) is 3.85. The summed E-state index contributed by atoms with van der Waals surface area (Å²) in [7, 11) is 1.40. The fraction of sp³-hybridized carbons (Fsp3) is 0.467. The molecule has 1 N–H and O–H groups in total. The van der Waals surface area contributed by atoms with E-state index in [0.29, 0.717) is 25.5 Å². The van der Waals surface area contributed by atoms with Gasteiger partial charge in [0.25, 0.3) is 5.91 Å². The molecule has 0 radical (unpaired) electrons. The maximum Gasteiger partial charge on any atom is 0.313 e. The van der Waals surface area contributed by atoms with E-state index < -0.39 is 28.9 Å². The van der Waals surface area contributed by atoms with Crippen LogP contribution >= 0.6 is 0 Å². The van der Waals surface area contributed by atoms with Crippen molar-refractivity contribution in [3.05, 3.63) is 35.4 Å². The third-order valence-corrected chi connectivity index (χ3v) is 3.85. The van der Waals surface area contributed by atoms with Crippen LogP contribution in [0.2, 0.25) is 0 Å². The minimum Gasteiger partial charge on any atom is -0.481 e. The lowest BCUT2D eigenvalue weighted by Crippen LogP contribution is -2.52. The highest BCUT2D eigenvalue weighted by atomic mass is 19.1. The molecule has 5 nitrogen and oxygen atoms in total. The molecular formula is C15H17F2NO4. The maximum absolute atomic E-state index is 13.2. The molecule has 1 aromatic rings. The molecule has 1 unspecified atom stereocenters. The number of amides is 1. The number of hydrogen-bond donors (Lipinski definition) is 1. The van der Waals surface area contributed by atoms with Crippen molar-refractivity contribution in [3.8, 4) is 0 Å². The van der Waals surface area contributed by atoms with Gasteiger partial charge in [0.05, 0.1) is 6.61 Å². The van der Waals surface area contributed by atoms with Crippen LogP contribution in [0.5, 0.6) is 0 Å². The lowest BCUT2D eigenvalue weighted by atomic mass is 9.80. The van der Waals surface area contributed by atoms with Gasteiger partial charge in [0.1, 0.15) is 17.0 Å². The minimum atomic E-state index is -1.19. The van der Waals surface area contributed by atoms with Gasteiger partial charge in [-0.3, -0.25) is 9.59 Å². The minimum absolute atomic E-state index is 0.0242. The Kier molecular flexibility index (Phi) is 4.75. The third kappa shape index (κ3) is 3.24. The molecule has 1 aliphatic heterocycles. The lowest BCUT2D eigenvalue weighted by molar-refractivity contribution is -0.155. The SMILES string of the molecule is COCC1(C(=O)O)CCCN(C(=O)c2cc(F)cc(F)c2)C1. The van der Waals surface area contributed by atoms with Gasteiger partial charge in [-0.15, -0.1) is 0 Å². The van der Waals surface area contributed by atoms with E-state index in [2.05, 4.69) is 0 Å². The summed E-state index contributed by atoms with van der Waals surface area (Å²) in [5, 5.41) is 9.44. The molecule has 0 bridgehead atoms. The molecule has 2 rings (SSSR count). The Hall–Kier alpha value is -2.02. The molecule has 22 heavy (non-hydrogen) atoms. The van der Waals surface area contributed by atoms with Crippen molar-refractivity contribution in [2.24, 2.45) is 5.41 Å². The first-order chi connectivity index (χ1) is 10.4. The summed E-state index contributed by atoms with van der Waals surface area (Å²) in [4.78, 5) is 25.2. The van der Waals surface area contributed by atoms with Crippen molar-refractivity contribution in [1.82, 2.24) is 4.90 Å². The van der Waals surface area contributed by atoms with Crippen molar-refractivity contribution in [3.63, 3.8) is 0 Å². The van der Waals surface area contributed by atoms with Gasteiger partial charge in [0, 0.05) is 31.8 Å². The van der Waals surface area contributed by atoms with E-state index in [0.717, 1.165) is 12.1 Å². The van der Waals surface area contributed by atoms with Crippen LogP contribution in [0.3, 0.4) is 0 Å². The van der Waals surface area contributed by atoms with Crippen molar-refractivity contribution in [1.29, 1.82) is 0 Å². The second-order valence-electron chi connectivity index (χ2n) is 5.51. The fourth-order valence-corrected chi connectivity index (χ4v) is 2.80. The number of halogens is 2. The number of hydrogen-bond acceptors (Lipinski definition) is 3. The zero-order chi connectivity index (χ0) is 16.3. The van der Waals surface area contributed by atoms with Gasteiger partial charge in [0.15, 0.2) is 0 Å². The number of methoxy groups -OCH3 is 1. The molecule has 0 spiro atoms. The first-order valence-electron chi connectivity index (χ1n) is 6.86. The summed E-state index contributed by atoms with van der Waals surface area (Å²) < 4.78 is 31.4. The highest BCUT2D eigenvalue weighted by Gasteiger charge is 2.44. The van der Waals surface area contributed by atoms with E-state index in [-0.39, 0.29) is 18.7 Å². The second kappa shape index (κ2) is 6.39. The highest BCUT2D eigenvalue weighted by Crippen LogP contribution is 2.31. The number of carbonyl (C=O) groups excluding carboxylic acids is 1. The summed E-state index contributed by atoms with van der Waals surface area (Å²) in [6, 6.07) is 2.57. The molecule has 1 atom stereocenters. The summed E-state index contributed by atoms with van der Waals surface area (Å²) >= 11 is 0. The highest BCUT2D eigenvalue weighted by molar-refractivity contribution is 5.94. The van der Waals surface area contributed by atoms with Gasteiger partial charge in [-0.25, -0.2) is 8.78 Å². The average Bonchev–Trinajstić information content (AvgIpc) is 2.46. The Morgan fingerprint density at radius 3 is 2.50 bits per heavy atom. The van der Waals surface area contributed by atoms with Gasteiger partial charge in [-0.1, -0.05) is 0 Å². The van der Waals surface area contributed by atoms with Crippen LogP contribution in [-0.2, 0) is 9.53 Å². The number of likely N-dealkylation sites (tertiary alicyclic amines) is 1. The monoisotopic (exact) mass is 313 g/mol. The number of ether oxygens (including phenoxy) is 1. The van der Waals surface area contributed by atoms with Crippen LogP contribution < -0.4 is 0 Å². The number of carboxylic acids is 1. The maximum atomic E-state index is 13.2. The molecule has 1 heterocycles. The number of benzene rings is 1.